The quantitative estimate of drug-likeness (QED) is 0.751. The van der Waals surface area contributed by atoms with Crippen molar-refractivity contribution in [3.8, 4) is 5.88 Å². The second kappa shape index (κ2) is 6.02. The molecule has 2 aromatic heterocycles. The minimum atomic E-state index is 0.535. The zero-order valence-electron chi connectivity index (χ0n) is 10.5. The second-order valence-corrected chi connectivity index (χ2v) is 4.19. The van der Waals surface area contributed by atoms with Crippen LogP contribution in [0, 0.1) is 0 Å². The Bertz CT molecular complexity index is 527. The summed E-state index contributed by atoms with van der Waals surface area (Å²) in [6, 6.07) is 3.71. The van der Waals surface area contributed by atoms with Crippen LogP contribution >= 0.6 is 11.6 Å². The molecule has 5 nitrogen and oxygen atoms in total. The van der Waals surface area contributed by atoms with Crippen LogP contribution in [0.2, 0.25) is 0 Å². The molecule has 0 saturated heterocycles. The van der Waals surface area contributed by atoms with Gasteiger partial charge >= 0.3 is 0 Å². The lowest BCUT2D eigenvalue weighted by Crippen LogP contribution is -2.09. The Morgan fingerprint density at radius 3 is 2.78 bits per heavy atom. The van der Waals surface area contributed by atoms with Gasteiger partial charge in [-0.1, -0.05) is 0 Å². The predicted octanol–water partition coefficient (Wildman–Crippen LogP) is 1.87. The zero-order valence-corrected chi connectivity index (χ0v) is 11.3. The monoisotopic (exact) mass is 269 g/mol. The van der Waals surface area contributed by atoms with E-state index < -0.39 is 0 Å². The number of hydrogen-bond donors (Lipinski definition) is 0. The highest BCUT2D eigenvalue weighted by molar-refractivity contribution is 6.17. The van der Waals surface area contributed by atoms with Gasteiger partial charge in [0.05, 0.1) is 13.7 Å². The Hall–Kier alpha value is -1.33. The Labute approximate surface area is 111 Å². The fraction of sp³-hybridized carbons (Fsp3) is 0.500. The van der Waals surface area contributed by atoms with Crippen LogP contribution in [-0.4, -0.2) is 41.2 Å². The molecule has 0 N–H and O–H groups in total. The van der Waals surface area contributed by atoms with Gasteiger partial charge in [0.1, 0.15) is 11.3 Å². The van der Waals surface area contributed by atoms with Crippen molar-refractivity contribution >= 4 is 22.8 Å². The number of ether oxygens (including phenoxy) is 2. The minimum absolute atomic E-state index is 0.535. The normalized spacial score (nSPS) is 11.1. The van der Waals surface area contributed by atoms with E-state index >= 15 is 0 Å². The van der Waals surface area contributed by atoms with E-state index in [1.807, 2.05) is 10.6 Å². The minimum Gasteiger partial charge on any atom is -0.481 e. The molecular formula is C12H16ClN3O2. The molecule has 0 aromatic carbocycles. The van der Waals surface area contributed by atoms with E-state index in [0.29, 0.717) is 31.3 Å². The molecule has 0 aliphatic heterocycles. The van der Waals surface area contributed by atoms with E-state index in [4.69, 9.17) is 21.1 Å². The summed E-state index contributed by atoms with van der Waals surface area (Å²) in [4.78, 5) is 8.96. The molecule has 6 heteroatoms. The maximum atomic E-state index is 5.80. The molecule has 0 spiro atoms. The summed E-state index contributed by atoms with van der Waals surface area (Å²) in [6.07, 6.45) is 0.712. The molecule has 2 aromatic rings. The molecule has 0 fully saturated rings. The van der Waals surface area contributed by atoms with Crippen LogP contribution in [0.4, 0.5) is 0 Å². The highest BCUT2D eigenvalue weighted by atomic mass is 35.5. The van der Waals surface area contributed by atoms with E-state index in [1.54, 1.807) is 20.3 Å². The molecule has 0 bridgehead atoms. The van der Waals surface area contributed by atoms with Gasteiger partial charge in [0.2, 0.25) is 5.88 Å². The van der Waals surface area contributed by atoms with Gasteiger partial charge in [0.25, 0.3) is 0 Å². The van der Waals surface area contributed by atoms with Crippen molar-refractivity contribution < 1.29 is 9.47 Å². The molecule has 0 amide bonds. The number of imidazole rings is 1. The van der Waals surface area contributed by atoms with Crippen molar-refractivity contribution in [1.29, 1.82) is 0 Å². The maximum Gasteiger partial charge on any atom is 0.215 e. The lowest BCUT2D eigenvalue weighted by atomic mass is 10.4. The van der Waals surface area contributed by atoms with E-state index in [1.165, 1.54) is 0 Å². The lowest BCUT2D eigenvalue weighted by molar-refractivity contribution is 0.187. The van der Waals surface area contributed by atoms with Gasteiger partial charge in [-0.25, -0.2) is 4.98 Å². The van der Waals surface area contributed by atoms with Gasteiger partial charge in [-0.3, -0.25) is 0 Å². The van der Waals surface area contributed by atoms with Gasteiger partial charge in [-0.15, -0.1) is 11.6 Å². The van der Waals surface area contributed by atoms with Crippen LogP contribution in [0.3, 0.4) is 0 Å². The summed E-state index contributed by atoms with van der Waals surface area (Å²) >= 11 is 5.80. The first kappa shape index (κ1) is 13.1. The van der Waals surface area contributed by atoms with E-state index in [2.05, 4.69) is 9.97 Å². The first-order chi connectivity index (χ1) is 8.80. The highest BCUT2D eigenvalue weighted by Crippen LogP contribution is 2.18. The van der Waals surface area contributed by atoms with E-state index in [0.717, 1.165) is 17.0 Å². The Kier molecular flexibility index (Phi) is 4.38. The summed E-state index contributed by atoms with van der Waals surface area (Å²) in [7, 11) is 3.28. The number of aryl methyl sites for hydroxylation is 1. The predicted molar refractivity (Wildman–Crippen MR) is 70.4 cm³/mol. The molecule has 2 rings (SSSR count). The first-order valence-electron chi connectivity index (χ1n) is 5.75. The van der Waals surface area contributed by atoms with Crippen LogP contribution < -0.4 is 4.74 Å². The largest absolute Gasteiger partial charge is 0.481 e. The van der Waals surface area contributed by atoms with Crippen LogP contribution in [0.1, 0.15) is 5.82 Å². The third-order valence-corrected chi connectivity index (χ3v) is 2.88. The van der Waals surface area contributed by atoms with Gasteiger partial charge in [0, 0.05) is 32.0 Å². The van der Waals surface area contributed by atoms with Crippen molar-refractivity contribution in [3.63, 3.8) is 0 Å². The summed E-state index contributed by atoms with van der Waals surface area (Å²) in [6.45, 7) is 1.32. The van der Waals surface area contributed by atoms with Crippen LogP contribution in [0.5, 0.6) is 5.88 Å². The summed E-state index contributed by atoms with van der Waals surface area (Å²) in [5, 5.41) is 0. The smallest absolute Gasteiger partial charge is 0.215 e. The molecular weight excluding hydrogens is 254 g/mol. The standard InChI is InChI=1S/C12H16ClN3O2/c1-17-8-7-16-10(5-6-13)14-9-3-4-11(18-2)15-12(9)16/h3-4H,5-8H2,1-2H3. The van der Waals surface area contributed by atoms with Gasteiger partial charge in [-0.2, -0.15) is 4.98 Å². The fourth-order valence-electron chi connectivity index (χ4n) is 1.84. The molecule has 2 heterocycles. The lowest BCUT2D eigenvalue weighted by Gasteiger charge is -2.07. The Balaban J connectivity index is 2.47. The summed E-state index contributed by atoms with van der Waals surface area (Å²) in [5.41, 5.74) is 1.67. The molecule has 0 unspecified atom stereocenters. The average Bonchev–Trinajstić information content (AvgIpc) is 2.73. The SMILES string of the molecule is COCCn1c(CCCl)nc2ccc(OC)nc21. The third kappa shape index (κ3) is 2.57. The summed E-state index contributed by atoms with van der Waals surface area (Å²) < 4.78 is 12.3. The Morgan fingerprint density at radius 1 is 1.28 bits per heavy atom. The molecule has 0 aliphatic carbocycles. The van der Waals surface area contributed by atoms with Crippen LogP contribution in [0.15, 0.2) is 12.1 Å². The fourth-order valence-corrected chi connectivity index (χ4v) is 2.01. The number of halogens is 1. The van der Waals surface area contributed by atoms with Crippen molar-refractivity contribution in [2.24, 2.45) is 0 Å². The number of aromatic nitrogens is 3. The first-order valence-corrected chi connectivity index (χ1v) is 6.28. The maximum absolute atomic E-state index is 5.80. The van der Waals surface area contributed by atoms with Gasteiger partial charge in [0.15, 0.2) is 5.65 Å². The van der Waals surface area contributed by atoms with Crippen molar-refractivity contribution in [2.45, 2.75) is 13.0 Å². The molecule has 18 heavy (non-hydrogen) atoms. The van der Waals surface area contributed by atoms with E-state index in [-0.39, 0.29) is 0 Å². The zero-order chi connectivity index (χ0) is 13.0. The van der Waals surface area contributed by atoms with E-state index in [9.17, 15) is 0 Å². The number of alkyl halides is 1. The highest BCUT2D eigenvalue weighted by Gasteiger charge is 2.12. The average molecular weight is 270 g/mol. The molecule has 0 radical (unpaired) electrons. The van der Waals surface area contributed by atoms with Crippen molar-refractivity contribution in [1.82, 2.24) is 14.5 Å². The number of fused-ring (bicyclic) bond motifs is 1. The van der Waals surface area contributed by atoms with Gasteiger partial charge < -0.3 is 14.0 Å². The number of pyridine rings is 1. The molecule has 0 aliphatic rings. The van der Waals surface area contributed by atoms with Gasteiger partial charge in [-0.05, 0) is 6.07 Å². The number of methoxy groups -OCH3 is 2. The Morgan fingerprint density at radius 2 is 2.11 bits per heavy atom. The molecule has 98 valence electrons. The van der Waals surface area contributed by atoms with Crippen LogP contribution in [0.25, 0.3) is 11.2 Å². The molecule has 0 atom stereocenters. The topological polar surface area (TPSA) is 49.2 Å². The van der Waals surface area contributed by atoms with Crippen molar-refractivity contribution in [3.05, 3.63) is 18.0 Å². The molecule has 0 saturated carbocycles. The summed E-state index contributed by atoms with van der Waals surface area (Å²) in [5.74, 6) is 2.05. The van der Waals surface area contributed by atoms with Crippen LogP contribution in [-0.2, 0) is 17.7 Å². The number of hydrogen-bond acceptors (Lipinski definition) is 4. The van der Waals surface area contributed by atoms with Crippen molar-refractivity contribution in [2.75, 3.05) is 26.7 Å². The number of rotatable bonds is 6. The number of nitrogens with zero attached hydrogens (tertiary/aromatic N) is 3. The second-order valence-electron chi connectivity index (χ2n) is 3.81. The third-order valence-electron chi connectivity index (χ3n) is 2.69.